The smallest absolute Gasteiger partial charge is 0.174 e. The molecule has 2 N–H and O–H groups in total. The summed E-state index contributed by atoms with van der Waals surface area (Å²) in [6, 6.07) is 7.55. The van der Waals surface area contributed by atoms with Crippen LogP contribution in [0.15, 0.2) is 35.0 Å². The van der Waals surface area contributed by atoms with E-state index in [1.807, 2.05) is 18.2 Å². The van der Waals surface area contributed by atoms with Crippen LogP contribution in [0.1, 0.15) is 11.3 Å². The Morgan fingerprint density at radius 2 is 2.17 bits per heavy atom. The van der Waals surface area contributed by atoms with Gasteiger partial charge in [-0.2, -0.15) is 0 Å². The SMILES string of the molecule is COc1ccc(CCN)cc1OCc1ccno1. The van der Waals surface area contributed by atoms with Crippen molar-refractivity contribution in [2.45, 2.75) is 13.0 Å². The van der Waals surface area contributed by atoms with Gasteiger partial charge in [0.15, 0.2) is 17.3 Å². The highest BCUT2D eigenvalue weighted by Crippen LogP contribution is 2.28. The summed E-state index contributed by atoms with van der Waals surface area (Å²) in [5.41, 5.74) is 6.65. The zero-order valence-electron chi connectivity index (χ0n) is 10.3. The van der Waals surface area contributed by atoms with Crippen LogP contribution in [0, 0.1) is 0 Å². The van der Waals surface area contributed by atoms with Crippen LogP contribution in [-0.4, -0.2) is 18.8 Å². The number of hydrogen-bond donors (Lipinski definition) is 1. The van der Waals surface area contributed by atoms with Crippen LogP contribution < -0.4 is 15.2 Å². The van der Waals surface area contributed by atoms with Crippen molar-refractivity contribution < 1.29 is 14.0 Å². The molecule has 0 unspecified atom stereocenters. The van der Waals surface area contributed by atoms with Gasteiger partial charge in [-0.25, -0.2) is 0 Å². The van der Waals surface area contributed by atoms with Gasteiger partial charge in [0, 0.05) is 6.07 Å². The van der Waals surface area contributed by atoms with Crippen molar-refractivity contribution in [1.82, 2.24) is 5.16 Å². The van der Waals surface area contributed by atoms with Gasteiger partial charge < -0.3 is 19.7 Å². The third-order valence-electron chi connectivity index (χ3n) is 2.52. The van der Waals surface area contributed by atoms with E-state index in [1.54, 1.807) is 19.4 Å². The topological polar surface area (TPSA) is 70.5 Å². The monoisotopic (exact) mass is 248 g/mol. The molecule has 5 heteroatoms. The summed E-state index contributed by atoms with van der Waals surface area (Å²) in [6.45, 7) is 0.927. The number of nitrogens with two attached hydrogens (primary N) is 1. The van der Waals surface area contributed by atoms with Crippen LogP contribution in [0.3, 0.4) is 0 Å². The van der Waals surface area contributed by atoms with Crippen molar-refractivity contribution in [2.24, 2.45) is 5.73 Å². The minimum Gasteiger partial charge on any atom is -0.493 e. The highest BCUT2D eigenvalue weighted by Gasteiger charge is 2.07. The molecule has 1 aromatic carbocycles. The van der Waals surface area contributed by atoms with Crippen LogP contribution in [0.4, 0.5) is 0 Å². The van der Waals surface area contributed by atoms with Crippen LogP contribution in [0.25, 0.3) is 0 Å². The quantitative estimate of drug-likeness (QED) is 0.843. The van der Waals surface area contributed by atoms with Crippen molar-refractivity contribution >= 4 is 0 Å². The molecule has 0 aliphatic carbocycles. The Balaban J connectivity index is 2.10. The van der Waals surface area contributed by atoms with Crippen LogP contribution >= 0.6 is 0 Å². The minimum atomic E-state index is 0.322. The van der Waals surface area contributed by atoms with Gasteiger partial charge in [-0.1, -0.05) is 11.2 Å². The lowest BCUT2D eigenvalue weighted by molar-refractivity contribution is 0.239. The average Bonchev–Trinajstić information content (AvgIpc) is 2.90. The fraction of sp³-hybridized carbons (Fsp3) is 0.308. The summed E-state index contributed by atoms with van der Waals surface area (Å²) < 4.78 is 15.9. The fourth-order valence-corrected chi connectivity index (χ4v) is 1.62. The van der Waals surface area contributed by atoms with Crippen molar-refractivity contribution in [2.75, 3.05) is 13.7 Å². The first kappa shape index (κ1) is 12.4. The third kappa shape index (κ3) is 3.01. The molecule has 0 aliphatic heterocycles. The Bertz CT molecular complexity index is 483. The first-order valence-corrected chi connectivity index (χ1v) is 5.73. The van der Waals surface area contributed by atoms with Crippen molar-refractivity contribution in [3.05, 3.63) is 41.8 Å². The molecule has 0 spiro atoms. The standard InChI is InChI=1S/C13H16N2O3/c1-16-12-3-2-10(4-6-14)8-13(12)17-9-11-5-7-15-18-11/h2-3,5,7-8H,4,6,9,14H2,1H3. The summed E-state index contributed by atoms with van der Waals surface area (Å²) in [4.78, 5) is 0. The first-order valence-electron chi connectivity index (χ1n) is 5.73. The van der Waals surface area contributed by atoms with Gasteiger partial charge in [0.05, 0.1) is 13.3 Å². The lowest BCUT2D eigenvalue weighted by Crippen LogP contribution is -2.03. The maximum Gasteiger partial charge on any atom is 0.174 e. The highest BCUT2D eigenvalue weighted by atomic mass is 16.5. The van der Waals surface area contributed by atoms with E-state index in [0.29, 0.717) is 30.4 Å². The predicted octanol–water partition coefficient (Wildman–Crippen LogP) is 1.76. The van der Waals surface area contributed by atoms with Crippen molar-refractivity contribution in [3.8, 4) is 11.5 Å². The number of aromatic nitrogens is 1. The number of rotatable bonds is 6. The van der Waals surface area contributed by atoms with Crippen molar-refractivity contribution in [3.63, 3.8) is 0 Å². The van der Waals surface area contributed by atoms with Gasteiger partial charge in [-0.05, 0) is 30.7 Å². The lowest BCUT2D eigenvalue weighted by Gasteiger charge is -2.11. The zero-order valence-corrected chi connectivity index (χ0v) is 10.3. The normalized spacial score (nSPS) is 10.3. The van der Waals surface area contributed by atoms with Gasteiger partial charge in [0.2, 0.25) is 0 Å². The van der Waals surface area contributed by atoms with Gasteiger partial charge >= 0.3 is 0 Å². The minimum absolute atomic E-state index is 0.322. The van der Waals surface area contributed by atoms with Gasteiger partial charge in [0.25, 0.3) is 0 Å². The van der Waals surface area contributed by atoms with Crippen LogP contribution in [0.2, 0.25) is 0 Å². The summed E-state index contributed by atoms with van der Waals surface area (Å²) in [5.74, 6) is 2.04. The maximum atomic E-state index is 5.66. The van der Waals surface area contributed by atoms with E-state index in [-0.39, 0.29) is 0 Å². The number of nitrogens with zero attached hydrogens (tertiary/aromatic N) is 1. The average molecular weight is 248 g/mol. The zero-order chi connectivity index (χ0) is 12.8. The molecule has 0 amide bonds. The molecule has 96 valence electrons. The molecule has 2 rings (SSSR count). The van der Waals surface area contributed by atoms with Crippen LogP contribution in [-0.2, 0) is 13.0 Å². The second-order valence-corrected chi connectivity index (χ2v) is 3.79. The van der Waals surface area contributed by atoms with E-state index in [4.69, 9.17) is 19.7 Å². The molecule has 5 nitrogen and oxygen atoms in total. The van der Waals surface area contributed by atoms with E-state index >= 15 is 0 Å². The summed E-state index contributed by atoms with van der Waals surface area (Å²) in [5, 5.41) is 3.62. The second kappa shape index (κ2) is 6.07. The summed E-state index contributed by atoms with van der Waals surface area (Å²) in [6.07, 6.45) is 2.39. The molecule has 0 atom stereocenters. The molecular weight excluding hydrogens is 232 g/mol. The maximum absolute atomic E-state index is 5.66. The number of benzene rings is 1. The summed E-state index contributed by atoms with van der Waals surface area (Å²) >= 11 is 0. The van der Waals surface area contributed by atoms with Gasteiger partial charge in [0.1, 0.15) is 6.61 Å². The fourth-order valence-electron chi connectivity index (χ4n) is 1.62. The molecule has 2 aromatic rings. The number of ether oxygens (including phenoxy) is 2. The molecule has 0 bridgehead atoms. The highest BCUT2D eigenvalue weighted by molar-refractivity contribution is 5.43. The Labute approximate surface area is 105 Å². The second-order valence-electron chi connectivity index (χ2n) is 3.79. The molecule has 0 saturated carbocycles. The number of methoxy groups -OCH3 is 1. The van der Waals surface area contributed by atoms with E-state index < -0.39 is 0 Å². The Morgan fingerprint density at radius 1 is 1.28 bits per heavy atom. The molecule has 1 heterocycles. The lowest BCUT2D eigenvalue weighted by atomic mass is 10.1. The Kier molecular flexibility index (Phi) is 4.20. The molecule has 0 saturated heterocycles. The summed E-state index contributed by atoms with van der Waals surface area (Å²) in [7, 11) is 1.61. The van der Waals surface area contributed by atoms with E-state index in [0.717, 1.165) is 12.0 Å². The Morgan fingerprint density at radius 3 is 2.83 bits per heavy atom. The van der Waals surface area contributed by atoms with E-state index in [2.05, 4.69) is 5.16 Å². The van der Waals surface area contributed by atoms with Crippen LogP contribution in [0.5, 0.6) is 11.5 Å². The predicted molar refractivity (Wildman–Crippen MR) is 66.6 cm³/mol. The Hall–Kier alpha value is -2.01. The largest absolute Gasteiger partial charge is 0.493 e. The first-order chi connectivity index (χ1) is 8.83. The third-order valence-corrected chi connectivity index (χ3v) is 2.52. The molecule has 0 aliphatic rings. The number of hydrogen-bond acceptors (Lipinski definition) is 5. The van der Waals surface area contributed by atoms with E-state index in [1.165, 1.54) is 0 Å². The molecular formula is C13H16N2O3. The van der Waals surface area contributed by atoms with Gasteiger partial charge in [-0.15, -0.1) is 0 Å². The van der Waals surface area contributed by atoms with E-state index in [9.17, 15) is 0 Å². The van der Waals surface area contributed by atoms with Gasteiger partial charge in [-0.3, -0.25) is 0 Å². The molecule has 0 fully saturated rings. The molecule has 0 radical (unpaired) electrons. The molecule has 1 aromatic heterocycles. The van der Waals surface area contributed by atoms with Crippen molar-refractivity contribution in [1.29, 1.82) is 0 Å². The molecule has 18 heavy (non-hydrogen) atoms.